The SMILES string of the molecule is Nc1c(Cl)cc(F)cc1C=CCCS. The molecule has 0 saturated heterocycles. The lowest BCUT2D eigenvalue weighted by Crippen LogP contribution is -1.92. The minimum absolute atomic E-state index is 0.246. The number of anilines is 1. The normalized spacial score (nSPS) is 11.1. The van der Waals surface area contributed by atoms with Crippen LogP contribution in [-0.2, 0) is 0 Å². The molecular weight excluding hydrogens is 221 g/mol. The maximum absolute atomic E-state index is 12.9. The van der Waals surface area contributed by atoms with Crippen LogP contribution >= 0.6 is 24.2 Å². The topological polar surface area (TPSA) is 26.0 Å². The monoisotopic (exact) mass is 231 g/mol. The van der Waals surface area contributed by atoms with Crippen LogP contribution in [0.15, 0.2) is 18.2 Å². The lowest BCUT2D eigenvalue weighted by Gasteiger charge is -2.02. The van der Waals surface area contributed by atoms with Gasteiger partial charge in [0.05, 0.1) is 10.7 Å². The lowest BCUT2D eigenvalue weighted by atomic mass is 10.1. The summed E-state index contributed by atoms with van der Waals surface area (Å²) >= 11 is 9.77. The molecule has 0 aromatic heterocycles. The summed E-state index contributed by atoms with van der Waals surface area (Å²) in [5.41, 5.74) is 6.68. The van der Waals surface area contributed by atoms with Crippen LogP contribution < -0.4 is 5.73 Å². The Hall–Kier alpha value is -0.670. The zero-order valence-electron chi connectivity index (χ0n) is 7.50. The number of thiol groups is 1. The number of rotatable bonds is 3. The number of nitrogen functional groups attached to an aromatic ring is 1. The molecule has 1 aromatic rings. The molecule has 14 heavy (non-hydrogen) atoms. The van der Waals surface area contributed by atoms with Crippen LogP contribution in [0.4, 0.5) is 10.1 Å². The van der Waals surface area contributed by atoms with Crippen molar-refractivity contribution >= 4 is 36.0 Å². The van der Waals surface area contributed by atoms with Crippen molar-refractivity contribution in [3.8, 4) is 0 Å². The van der Waals surface area contributed by atoms with Gasteiger partial charge in [-0.2, -0.15) is 12.6 Å². The Kier molecular flexibility index (Phi) is 4.29. The van der Waals surface area contributed by atoms with Gasteiger partial charge in [0.25, 0.3) is 0 Å². The van der Waals surface area contributed by atoms with Gasteiger partial charge < -0.3 is 5.73 Å². The molecule has 4 heteroatoms. The van der Waals surface area contributed by atoms with Crippen molar-refractivity contribution in [2.24, 2.45) is 0 Å². The largest absolute Gasteiger partial charge is 0.397 e. The average molecular weight is 232 g/mol. The minimum atomic E-state index is -0.380. The Bertz CT molecular complexity index is 352. The molecule has 1 nitrogen and oxygen atoms in total. The molecule has 0 bridgehead atoms. The summed E-state index contributed by atoms with van der Waals surface area (Å²) in [5, 5.41) is 0.246. The smallest absolute Gasteiger partial charge is 0.125 e. The Morgan fingerprint density at radius 1 is 1.50 bits per heavy atom. The zero-order valence-corrected chi connectivity index (χ0v) is 9.15. The first-order valence-electron chi connectivity index (χ1n) is 4.17. The molecular formula is C10H11ClFNS. The number of halogens is 2. The van der Waals surface area contributed by atoms with Gasteiger partial charge in [-0.05, 0) is 24.3 Å². The summed E-state index contributed by atoms with van der Waals surface area (Å²) in [6.45, 7) is 0. The molecule has 0 saturated carbocycles. The van der Waals surface area contributed by atoms with E-state index in [0.717, 1.165) is 12.2 Å². The first-order valence-corrected chi connectivity index (χ1v) is 5.18. The second-order valence-electron chi connectivity index (χ2n) is 2.81. The molecule has 0 radical (unpaired) electrons. The minimum Gasteiger partial charge on any atom is -0.397 e. The van der Waals surface area contributed by atoms with Gasteiger partial charge in [-0.3, -0.25) is 0 Å². The van der Waals surface area contributed by atoms with Crippen molar-refractivity contribution in [1.29, 1.82) is 0 Å². The van der Waals surface area contributed by atoms with Crippen molar-refractivity contribution in [3.05, 3.63) is 34.6 Å². The first kappa shape index (κ1) is 11.4. The van der Waals surface area contributed by atoms with E-state index >= 15 is 0 Å². The molecule has 0 unspecified atom stereocenters. The zero-order chi connectivity index (χ0) is 10.6. The Morgan fingerprint density at radius 2 is 2.21 bits per heavy atom. The van der Waals surface area contributed by atoms with E-state index in [1.807, 2.05) is 6.08 Å². The molecule has 76 valence electrons. The number of nitrogens with two attached hydrogens (primary N) is 1. The van der Waals surface area contributed by atoms with Crippen LogP contribution in [0.25, 0.3) is 6.08 Å². The molecule has 1 aromatic carbocycles. The molecule has 0 aliphatic heterocycles. The summed E-state index contributed by atoms with van der Waals surface area (Å²) in [6, 6.07) is 2.56. The van der Waals surface area contributed by atoms with Gasteiger partial charge in [0.15, 0.2) is 0 Å². The van der Waals surface area contributed by atoms with E-state index in [1.54, 1.807) is 6.08 Å². The van der Waals surface area contributed by atoms with E-state index in [0.29, 0.717) is 11.3 Å². The predicted molar refractivity (Wildman–Crippen MR) is 63.3 cm³/mol. The second kappa shape index (κ2) is 5.27. The summed E-state index contributed by atoms with van der Waals surface area (Å²) in [7, 11) is 0. The average Bonchev–Trinajstić information content (AvgIpc) is 2.13. The van der Waals surface area contributed by atoms with Crippen LogP contribution in [0.5, 0.6) is 0 Å². The van der Waals surface area contributed by atoms with Crippen molar-refractivity contribution in [1.82, 2.24) is 0 Å². The molecule has 0 spiro atoms. The Balaban J connectivity index is 2.96. The summed E-state index contributed by atoms with van der Waals surface area (Å²) in [4.78, 5) is 0. The highest BCUT2D eigenvalue weighted by molar-refractivity contribution is 7.80. The Morgan fingerprint density at radius 3 is 2.86 bits per heavy atom. The number of benzene rings is 1. The fourth-order valence-electron chi connectivity index (χ4n) is 1.03. The highest BCUT2D eigenvalue weighted by Gasteiger charge is 2.03. The van der Waals surface area contributed by atoms with Crippen molar-refractivity contribution < 1.29 is 4.39 Å². The fraction of sp³-hybridized carbons (Fsp3) is 0.200. The van der Waals surface area contributed by atoms with E-state index in [2.05, 4.69) is 12.6 Å². The van der Waals surface area contributed by atoms with Gasteiger partial charge in [-0.1, -0.05) is 23.8 Å². The molecule has 0 atom stereocenters. The number of hydrogen-bond acceptors (Lipinski definition) is 2. The molecule has 0 amide bonds. The van der Waals surface area contributed by atoms with E-state index in [-0.39, 0.29) is 10.8 Å². The van der Waals surface area contributed by atoms with Crippen LogP contribution in [0.3, 0.4) is 0 Å². The number of hydrogen-bond donors (Lipinski definition) is 2. The van der Waals surface area contributed by atoms with Gasteiger partial charge in [0, 0.05) is 5.56 Å². The summed E-state index contributed by atoms with van der Waals surface area (Å²) < 4.78 is 12.9. The van der Waals surface area contributed by atoms with Gasteiger partial charge in [0.1, 0.15) is 5.82 Å². The van der Waals surface area contributed by atoms with Gasteiger partial charge in [0.2, 0.25) is 0 Å². The quantitative estimate of drug-likeness (QED) is 0.605. The highest BCUT2D eigenvalue weighted by Crippen LogP contribution is 2.25. The molecule has 0 aliphatic carbocycles. The van der Waals surface area contributed by atoms with E-state index < -0.39 is 0 Å². The molecule has 1 rings (SSSR count). The molecule has 0 fully saturated rings. The third-order valence-electron chi connectivity index (χ3n) is 1.72. The van der Waals surface area contributed by atoms with Crippen molar-refractivity contribution in [3.63, 3.8) is 0 Å². The maximum Gasteiger partial charge on any atom is 0.125 e. The predicted octanol–water partition coefficient (Wildman–Crippen LogP) is 3.39. The van der Waals surface area contributed by atoms with Gasteiger partial charge in [-0.25, -0.2) is 4.39 Å². The van der Waals surface area contributed by atoms with E-state index in [9.17, 15) is 4.39 Å². The summed E-state index contributed by atoms with van der Waals surface area (Å²) in [6.07, 6.45) is 4.45. The van der Waals surface area contributed by atoms with Crippen LogP contribution in [0.1, 0.15) is 12.0 Å². The summed E-state index contributed by atoms with van der Waals surface area (Å²) in [5.74, 6) is 0.370. The van der Waals surface area contributed by atoms with Crippen LogP contribution in [-0.4, -0.2) is 5.75 Å². The maximum atomic E-state index is 12.9. The lowest BCUT2D eigenvalue weighted by molar-refractivity contribution is 0.628. The van der Waals surface area contributed by atoms with E-state index in [4.69, 9.17) is 17.3 Å². The first-order chi connectivity index (χ1) is 6.65. The fourth-order valence-corrected chi connectivity index (χ4v) is 1.39. The molecule has 2 N–H and O–H groups in total. The third-order valence-corrected chi connectivity index (χ3v) is 2.29. The second-order valence-corrected chi connectivity index (χ2v) is 3.66. The van der Waals surface area contributed by atoms with Crippen LogP contribution in [0.2, 0.25) is 5.02 Å². The standard InChI is InChI=1S/C10H11ClFNS/c11-9-6-8(12)5-7(10(9)13)3-1-2-4-14/h1,3,5-6,14H,2,4,13H2. The third kappa shape index (κ3) is 2.93. The highest BCUT2D eigenvalue weighted by atomic mass is 35.5. The molecule has 0 heterocycles. The van der Waals surface area contributed by atoms with E-state index in [1.165, 1.54) is 12.1 Å². The van der Waals surface area contributed by atoms with Crippen molar-refractivity contribution in [2.45, 2.75) is 6.42 Å². The molecule has 0 aliphatic rings. The van der Waals surface area contributed by atoms with Crippen molar-refractivity contribution in [2.75, 3.05) is 11.5 Å². The Labute approximate surface area is 93.2 Å². The van der Waals surface area contributed by atoms with Gasteiger partial charge >= 0.3 is 0 Å². The van der Waals surface area contributed by atoms with Gasteiger partial charge in [-0.15, -0.1) is 0 Å². The number of allylic oxidation sites excluding steroid dienone is 1. The van der Waals surface area contributed by atoms with Crippen LogP contribution in [0, 0.1) is 5.82 Å².